The molecule has 3 heterocycles. The lowest BCUT2D eigenvalue weighted by Gasteiger charge is -2.32. The van der Waals surface area contributed by atoms with Crippen LogP contribution in [0.3, 0.4) is 0 Å². The molecule has 0 saturated carbocycles. The molecule has 2 aromatic heterocycles. The highest BCUT2D eigenvalue weighted by Crippen LogP contribution is 2.28. The molecule has 182 valence electrons. The predicted molar refractivity (Wildman–Crippen MR) is 132 cm³/mol. The van der Waals surface area contributed by atoms with Crippen LogP contribution in [-0.4, -0.2) is 94.1 Å². The van der Waals surface area contributed by atoms with Crippen LogP contribution in [-0.2, 0) is 14.8 Å². The first-order valence-corrected chi connectivity index (χ1v) is 13.0. The molecule has 4 rings (SSSR count). The van der Waals surface area contributed by atoms with E-state index in [-0.39, 0.29) is 6.10 Å². The van der Waals surface area contributed by atoms with Gasteiger partial charge in [0.15, 0.2) is 5.52 Å². The molecule has 0 bridgehead atoms. The average molecular weight is 487 g/mol. The Bertz CT molecular complexity index is 1220. The average Bonchev–Trinajstić information content (AvgIpc) is 2.82. The molecule has 1 aliphatic heterocycles. The molecule has 1 saturated heterocycles. The highest BCUT2D eigenvalue weighted by Gasteiger charge is 2.22. The Balaban J connectivity index is 1.47. The van der Waals surface area contributed by atoms with E-state index in [4.69, 9.17) is 14.5 Å². The van der Waals surface area contributed by atoms with Gasteiger partial charge in [-0.05, 0) is 18.2 Å². The van der Waals surface area contributed by atoms with Gasteiger partial charge in [0, 0.05) is 63.9 Å². The molecule has 34 heavy (non-hydrogen) atoms. The number of ether oxygens (including phenoxy) is 2. The van der Waals surface area contributed by atoms with Crippen molar-refractivity contribution in [1.82, 2.24) is 24.6 Å². The van der Waals surface area contributed by atoms with Crippen molar-refractivity contribution in [3.05, 3.63) is 42.7 Å². The van der Waals surface area contributed by atoms with Crippen LogP contribution < -0.4 is 14.4 Å². The number of hydrogen-bond acceptors (Lipinski definition) is 9. The Morgan fingerprint density at radius 3 is 2.71 bits per heavy atom. The molecule has 0 spiro atoms. The minimum Gasteiger partial charge on any atom is -0.473 e. The maximum atomic E-state index is 11.3. The van der Waals surface area contributed by atoms with E-state index >= 15 is 0 Å². The van der Waals surface area contributed by atoms with Gasteiger partial charge in [0.1, 0.15) is 12.7 Å². The van der Waals surface area contributed by atoms with E-state index in [2.05, 4.69) is 19.6 Å². The molecule has 1 N–H and O–H groups in total. The zero-order chi connectivity index (χ0) is 24.1. The maximum absolute atomic E-state index is 11.3. The zero-order valence-corrected chi connectivity index (χ0v) is 20.5. The molecule has 1 aliphatic rings. The number of pyridine rings is 1. The second kappa shape index (κ2) is 10.6. The van der Waals surface area contributed by atoms with Gasteiger partial charge in [-0.2, -0.15) is 0 Å². The van der Waals surface area contributed by atoms with Crippen molar-refractivity contribution in [3.63, 3.8) is 0 Å². The van der Waals surface area contributed by atoms with Crippen LogP contribution in [0.4, 0.5) is 5.69 Å². The maximum Gasteiger partial charge on any atom is 0.242 e. The third kappa shape index (κ3) is 6.38. The van der Waals surface area contributed by atoms with E-state index in [0.717, 1.165) is 29.7 Å². The molecular formula is C23H30N6O4S. The SMILES string of the molecule is CN(C)c1ccc(-c2cc3nccnc3c(OC[C@@H]3CN(CCNS(C)(=O)=O)CCO3)n2)cc1. The van der Waals surface area contributed by atoms with Crippen LogP contribution in [0.15, 0.2) is 42.7 Å². The fraction of sp³-hybridized carbons (Fsp3) is 0.435. The number of aromatic nitrogens is 3. The van der Waals surface area contributed by atoms with Gasteiger partial charge in [-0.1, -0.05) is 12.1 Å². The summed E-state index contributed by atoms with van der Waals surface area (Å²) < 4.78 is 37.1. The van der Waals surface area contributed by atoms with Crippen molar-refractivity contribution in [3.8, 4) is 17.1 Å². The smallest absolute Gasteiger partial charge is 0.242 e. The summed E-state index contributed by atoms with van der Waals surface area (Å²) in [4.78, 5) is 17.8. The highest BCUT2D eigenvalue weighted by molar-refractivity contribution is 7.88. The van der Waals surface area contributed by atoms with Crippen molar-refractivity contribution in [1.29, 1.82) is 0 Å². The zero-order valence-electron chi connectivity index (χ0n) is 19.6. The third-order valence-electron chi connectivity index (χ3n) is 5.53. The first kappa shape index (κ1) is 24.3. The fourth-order valence-electron chi connectivity index (χ4n) is 3.77. The summed E-state index contributed by atoms with van der Waals surface area (Å²) in [6.07, 6.45) is 4.27. The summed E-state index contributed by atoms with van der Waals surface area (Å²) in [7, 11) is 0.808. The molecular weight excluding hydrogens is 456 g/mol. The molecule has 10 nitrogen and oxygen atoms in total. The van der Waals surface area contributed by atoms with Gasteiger partial charge in [0.05, 0.1) is 24.1 Å². The van der Waals surface area contributed by atoms with Crippen molar-refractivity contribution in [2.45, 2.75) is 6.10 Å². The number of fused-ring (bicyclic) bond motifs is 1. The van der Waals surface area contributed by atoms with Crippen LogP contribution in [0.2, 0.25) is 0 Å². The van der Waals surface area contributed by atoms with Crippen molar-refractivity contribution in [2.75, 3.05) is 64.6 Å². The molecule has 3 aromatic rings. The number of nitrogens with zero attached hydrogens (tertiary/aromatic N) is 5. The van der Waals surface area contributed by atoms with E-state index in [1.807, 2.05) is 49.3 Å². The van der Waals surface area contributed by atoms with E-state index < -0.39 is 10.0 Å². The van der Waals surface area contributed by atoms with Crippen LogP contribution in [0.25, 0.3) is 22.3 Å². The number of nitrogens with one attached hydrogen (secondary N) is 1. The lowest BCUT2D eigenvalue weighted by Crippen LogP contribution is -2.47. The van der Waals surface area contributed by atoms with Gasteiger partial charge in [-0.15, -0.1) is 0 Å². The van der Waals surface area contributed by atoms with Crippen LogP contribution >= 0.6 is 0 Å². The van der Waals surface area contributed by atoms with Crippen LogP contribution in [0, 0.1) is 0 Å². The fourth-order valence-corrected chi connectivity index (χ4v) is 4.23. The van der Waals surface area contributed by atoms with Gasteiger partial charge in [-0.25, -0.2) is 23.1 Å². The summed E-state index contributed by atoms with van der Waals surface area (Å²) in [6.45, 7) is 3.21. The summed E-state index contributed by atoms with van der Waals surface area (Å²) in [5, 5.41) is 0. The van der Waals surface area contributed by atoms with Crippen molar-refractivity contribution in [2.24, 2.45) is 0 Å². The highest BCUT2D eigenvalue weighted by atomic mass is 32.2. The van der Waals surface area contributed by atoms with Gasteiger partial charge in [0.2, 0.25) is 15.9 Å². The topological polar surface area (TPSA) is 110 Å². The van der Waals surface area contributed by atoms with Crippen molar-refractivity contribution < 1.29 is 17.9 Å². The molecule has 0 unspecified atom stereocenters. The second-order valence-corrected chi connectivity index (χ2v) is 10.3. The number of anilines is 1. The molecule has 0 aliphatic carbocycles. The summed E-state index contributed by atoms with van der Waals surface area (Å²) >= 11 is 0. The Morgan fingerprint density at radius 1 is 1.21 bits per heavy atom. The molecule has 1 aromatic carbocycles. The molecule has 1 fully saturated rings. The number of rotatable bonds is 9. The Morgan fingerprint density at radius 2 is 1.97 bits per heavy atom. The standard InChI is InChI=1S/C23H30N6O4S/c1-28(2)18-6-4-17(5-7-18)20-14-21-22(25-9-8-24-21)23(27-20)33-16-19-15-29(12-13-32-19)11-10-26-34(3,30)31/h4-9,14,19,26H,10-13,15-16H2,1-3H3/t19-/m0/s1. The van der Waals surface area contributed by atoms with E-state index in [1.165, 1.54) is 0 Å². The molecule has 1 atom stereocenters. The van der Waals surface area contributed by atoms with E-state index in [1.54, 1.807) is 12.4 Å². The van der Waals surface area contributed by atoms with Crippen LogP contribution in [0.1, 0.15) is 0 Å². The number of hydrogen-bond donors (Lipinski definition) is 1. The quantitative estimate of drug-likeness (QED) is 0.480. The molecule has 0 amide bonds. The largest absolute Gasteiger partial charge is 0.473 e. The second-order valence-electron chi connectivity index (χ2n) is 8.45. The molecule has 0 radical (unpaired) electrons. The number of morpholine rings is 1. The van der Waals surface area contributed by atoms with Crippen LogP contribution in [0.5, 0.6) is 5.88 Å². The van der Waals surface area contributed by atoms with Gasteiger partial charge in [0.25, 0.3) is 0 Å². The van der Waals surface area contributed by atoms with Crippen molar-refractivity contribution >= 4 is 26.7 Å². The molecule has 11 heteroatoms. The normalized spacial score (nSPS) is 17.1. The third-order valence-corrected chi connectivity index (χ3v) is 6.25. The summed E-state index contributed by atoms with van der Waals surface area (Å²) in [6, 6.07) is 10.0. The minimum absolute atomic E-state index is 0.163. The Hall–Kier alpha value is -2.86. The first-order chi connectivity index (χ1) is 16.3. The Kier molecular flexibility index (Phi) is 7.57. The van der Waals surface area contributed by atoms with E-state index in [9.17, 15) is 8.42 Å². The monoisotopic (exact) mass is 486 g/mol. The van der Waals surface area contributed by atoms with Gasteiger partial charge >= 0.3 is 0 Å². The lowest BCUT2D eigenvalue weighted by molar-refractivity contribution is -0.0475. The minimum atomic E-state index is -3.20. The summed E-state index contributed by atoms with van der Waals surface area (Å²) in [5.41, 5.74) is 4.12. The van der Waals surface area contributed by atoms with E-state index in [0.29, 0.717) is 49.8 Å². The summed E-state index contributed by atoms with van der Waals surface area (Å²) in [5.74, 6) is 0.414. The predicted octanol–water partition coefficient (Wildman–Crippen LogP) is 1.39. The number of sulfonamides is 1. The van der Waals surface area contributed by atoms with Gasteiger partial charge < -0.3 is 14.4 Å². The number of benzene rings is 1. The Labute approximate surface area is 200 Å². The first-order valence-electron chi connectivity index (χ1n) is 11.1. The lowest BCUT2D eigenvalue weighted by atomic mass is 10.1. The van der Waals surface area contributed by atoms with Gasteiger partial charge in [-0.3, -0.25) is 9.88 Å².